The SMILES string of the molecule is CC(C)(C)NC(=O)N1CCN(C2c3ccc(Cl)cc3CCc3cc(Br)cnc32)C[C@@H]1C(=O)N(CCCn1ccnc1)Cc1ccccn1. The summed E-state index contributed by atoms with van der Waals surface area (Å²) >= 11 is 10.1. The van der Waals surface area contributed by atoms with Crippen molar-refractivity contribution >= 4 is 39.5 Å². The summed E-state index contributed by atoms with van der Waals surface area (Å²) in [4.78, 5) is 48.3. The lowest BCUT2D eigenvalue weighted by atomic mass is 9.95. The van der Waals surface area contributed by atoms with Crippen LogP contribution in [0.15, 0.2) is 78.1 Å². The second-order valence-electron chi connectivity index (χ2n) is 13.6. The molecule has 252 valence electrons. The fourth-order valence-corrected chi connectivity index (χ4v) is 7.27. The molecule has 1 unspecified atom stereocenters. The third-order valence-electron chi connectivity index (χ3n) is 8.89. The van der Waals surface area contributed by atoms with E-state index in [0.29, 0.717) is 37.7 Å². The quantitative estimate of drug-likeness (QED) is 0.243. The van der Waals surface area contributed by atoms with Gasteiger partial charge in [0.15, 0.2) is 0 Å². The first kappa shape index (κ1) is 34.1. The van der Waals surface area contributed by atoms with Gasteiger partial charge in [-0.25, -0.2) is 9.78 Å². The molecule has 1 saturated heterocycles. The zero-order valence-electron chi connectivity index (χ0n) is 27.6. The molecular formula is C36H42BrClN8O2. The summed E-state index contributed by atoms with van der Waals surface area (Å²) in [7, 11) is 0. The number of imidazole rings is 1. The molecule has 1 N–H and O–H groups in total. The van der Waals surface area contributed by atoms with E-state index < -0.39 is 11.6 Å². The summed E-state index contributed by atoms with van der Waals surface area (Å²) in [5.41, 5.74) is 4.78. The van der Waals surface area contributed by atoms with E-state index in [2.05, 4.69) is 54.3 Å². The Bertz CT molecular complexity index is 1680. The van der Waals surface area contributed by atoms with Crippen molar-refractivity contribution in [1.82, 2.24) is 39.5 Å². The van der Waals surface area contributed by atoms with Crippen LogP contribution in [0.1, 0.15) is 61.3 Å². The van der Waals surface area contributed by atoms with E-state index in [1.54, 1.807) is 23.6 Å². The number of fused-ring (bicyclic) bond motifs is 2. The molecule has 0 saturated carbocycles. The van der Waals surface area contributed by atoms with Crippen LogP contribution in [-0.4, -0.2) is 83.9 Å². The number of urea groups is 1. The maximum Gasteiger partial charge on any atom is 0.318 e. The Morgan fingerprint density at radius 1 is 1.06 bits per heavy atom. The van der Waals surface area contributed by atoms with Gasteiger partial charge in [-0.15, -0.1) is 0 Å². The van der Waals surface area contributed by atoms with Crippen molar-refractivity contribution in [1.29, 1.82) is 0 Å². The largest absolute Gasteiger partial charge is 0.337 e. The molecule has 4 heterocycles. The third kappa shape index (κ3) is 8.07. The van der Waals surface area contributed by atoms with E-state index in [4.69, 9.17) is 16.6 Å². The van der Waals surface area contributed by atoms with E-state index in [1.165, 1.54) is 5.56 Å². The first-order valence-electron chi connectivity index (χ1n) is 16.5. The molecule has 6 rings (SSSR count). The lowest BCUT2D eigenvalue weighted by Gasteiger charge is -2.45. The molecule has 0 spiro atoms. The minimum absolute atomic E-state index is 0.103. The number of pyridine rings is 2. The molecule has 1 aliphatic heterocycles. The Morgan fingerprint density at radius 2 is 1.90 bits per heavy atom. The smallest absolute Gasteiger partial charge is 0.318 e. The molecule has 1 aliphatic carbocycles. The second kappa shape index (κ2) is 14.8. The maximum atomic E-state index is 14.8. The van der Waals surface area contributed by atoms with Crippen molar-refractivity contribution < 1.29 is 9.59 Å². The number of aromatic nitrogens is 4. The minimum atomic E-state index is -0.726. The van der Waals surface area contributed by atoms with Gasteiger partial charge in [-0.2, -0.15) is 0 Å². The minimum Gasteiger partial charge on any atom is -0.337 e. The van der Waals surface area contributed by atoms with Gasteiger partial charge in [-0.1, -0.05) is 23.7 Å². The van der Waals surface area contributed by atoms with Crippen molar-refractivity contribution in [2.75, 3.05) is 26.2 Å². The fourth-order valence-electron chi connectivity index (χ4n) is 6.70. The van der Waals surface area contributed by atoms with Gasteiger partial charge in [0, 0.05) is 72.5 Å². The Morgan fingerprint density at radius 3 is 2.65 bits per heavy atom. The van der Waals surface area contributed by atoms with Gasteiger partial charge < -0.3 is 19.7 Å². The summed E-state index contributed by atoms with van der Waals surface area (Å²) in [5, 5.41) is 3.81. The first-order chi connectivity index (χ1) is 23.1. The number of benzene rings is 1. The standard InChI is InChI=1S/C36H42BrClN8O2/c1-36(2,3)42-35(48)46-18-17-44(33-30-11-10-28(38)20-25(30)8-9-26-19-27(37)21-41-32(26)33)23-31(46)34(47)45(22-29-7-4-5-12-40-29)15-6-14-43-16-13-39-24-43/h4-5,7,10-13,16,19-21,24,31,33H,6,8-9,14-15,17-18,22-23H2,1-3H3,(H,42,48)/t31-,33?/m1/s1. The number of rotatable bonds is 8. The highest BCUT2D eigenvalue weighted by atomic mass is 79.9. The van der Waals surface area contributed by atoms with Gasteiger partial charge >= 0.3 is 6.03 Å². The summed E-state index contributed by atoms with van der Waals surface area (Å²) in [6.07, 6.45) is 11.4. The number of nitrogens with zero attached hydrogens (tertiary/aromatic N) is 7. The van der Waals surface area contributed by atoms with Crippen LogP contribution in [0.2, 0.25) is 5.02 Å². The van der Waals surface area contributed by atoms with E-state index >= 15 is 0 Å². The van der Waals surface area contributed by atoms with Crippen molar-refractivity contribution in [2.24, 2.45) is 0 Å². The lowest BCUT2D eigenvalue weighted by molar-refractivity contribution is -0.139. The molecule has 10 nitrogen and oxygen atoms in total. The molecule has 2 atom stereocenters. The number of carbonyl (C=O) groups excluding carboxylic acids is 2. The van der Waals surface area contributed by atoms with Crippen molar-refractivity contribution in [3.63, 3.8) is 0 Å². The van der Waals surface area contributed by atoms with Crippen LogP contribution in [0, 0.1) is 0 Å². The number of hydrogen-bond acceptors (Lipinski definition) is 6. The van der Waals surface area contributed by atoms with Gasteiger partial charge in [0.25, 0.3) is 0 Å². The molecule has 12 heteroatoms. The lowest BCUT2D eigenvalue weighted by Crippen LogP contribution is -2.64. The molecule has 3 amide bonds. The number of piperazine rings is 1. The van der Waals surface area contributed by atoms with Crippen LogP contribution >= 0.6 is 27.5 Å². The molecule has 1 aromatic carbocycles. The number of nitrogens with one attached hydrogen (secondary N) is 1. The third-order valence-corrected chi connectivity index (χ3v) is 9.56. The summed E-state index contributed by atoms with van der Waals surface area (Å²) in [5.74, 6) is -0.103. The molecule has 4 aromatic rings. The second-order valence-corrected chi connectivity index (χ2v) is 14.9. The van der Waals surface area contributed by atoms with Crippen LogP contribution in [0.3, 0.4) is 0 Å². The Balaban J connectivity index is 1.36. The zero-order chi connectivity index (χ0) is 33.8. The average molecular weight is 734 g/mol. The molecule has 3 aromatic heterocycles. The van der Waals surface area contributed by atoms with Gasteiger partial charge in [0.2, 0.25) is 5.91 Å². The van der Waals surface area contributed by atoms with Crippen LogP contribution in [-0.2, 0) is 30.7 Å². The predicted octanol–water partition coefficient (Wildman–Crippen LogP) is 5.89. The Labute approximate surface area is 295 Å². The summed E-state index contributed by atoms with van der Waals surface area (Å²) in [6, 6.07) is 12.8. The number of amides is 3. The number of halogens is 2. The normalized spacial score (nSPS) is 18.1. The fraction of sp³-hybridized carbons (Fsp3) is 0.417. The molecule has 1 fully saturated rings. The molecule has 0 bridgehead atoms. The molecule has 2 aliphatic rings. The Kier molecular flexibility index (Phi) is 10.5. The topological polar surface area (TPSA) is 99.5 Å². The van der Waals surface area contributed by atoms with E-state index in [0.717, 1.165) is 52.8 Å². The van der Waals surface area contributed by atoms with Gasteiger partial charge in [-0.05, 0) is 103 Å². The summed E-state index contributed by atoms with van der Waals surface area (Å²) < 4.78 is 2.94. The van der Waals surface area contributed by atoms with Gasteiger partial charge in [0.1, 0.15) is 6.04 Å². The highest BCUT2D eigenvalue weighted by Crippen LogP contribution is 2.38. The molecule has 0 radical (unpaired) electrons. The monoisotopic (exact) mass is 732 g/mol. The van der Waals surface area contributed by atoms with Crippen LogP contribution < -0.4 is 5.32 Å². The summed E-state index contributed by atoms with van der Waals surface area (Å²) in [6.45, 7) is 8.74. The van der Waals surface area contributed by atoms with E-state index in [9.17, 15) is 9.59 Å². The van der Waals surface area contributed by atoms with Crippen LogP contribution in [0.4, 0.5) is 4.79 Å². The maximum absolute atomic E-state index is 14.8. The number of hydrogen-bond donors (Lipinski definition) is 1. The number of aryl methyl sites for hydroxylation is 3. The van der Waals surface area contributed by atoms with Gasteiger partial charge in [-0.3, -0.25) is 19.7 Å². The van der Waals surface area contributed by atoms with Crippen LogP contribution in [0.5, 0.6) is 0 Å². The van der Waals surface area contributed by atoms with Crippen LogP contribution in [0.25, 0.3) is 0 Å². The van der Waals surface area contributed by atoms with Crippen molar-refractivity contribution in [3.8, 4) is 0 Å². The Hall–Kier alpha value is -3.80. The van der Waals surface area contributed by atoms with Crippen molar-refractivity contribution in [2.45, 2.75) is 70.7 Å². The zero-order valence-corrected chi connectivity index (χ0v) is 30.0. The highest BCUT2D eigenvalue weighted by molar-refractivity contribution is 9.10. The highest BCUT2D eigenvalue weighted by Gasteiger charge is 2.42. The molecule has 48 heavy (non-hydrogen) atoms. The van der Waals surface area contributed by atoms with Crippen molar-refractivity contribution in [3.05, 3.63) is 111 Å². The van der Waals surface area contributed by atoms with Gasteiger partial charge in [0.05, 0.1) is 30.3 Å². The number of carbonyl (C=O) groups is 2. The average Bonchev–Trinajstić information content (AvgIpc) is 3.52. The van der Waals surface area contributed by atoms with E-state index in [-0.39, 0.29) is 18.0 Å². The first-order valence-corrected chi connectivity index (χ1v) is 17.6. The molecular weight excluding hydrogens is 692 g/mol. The predicted molar refractivity (Wildman–Crippen MR) is 189 cm³/mol. The van der Waals surface area contributed by atoms with E-state index in [1.807, 2.05) is 66.9 Å².